The standard InChI is InChI=1S/C11H19N5O2/c12-11(13)14-5-1-3-7-10(18)16-6-2-4-8(16)9(17)15-7/h7-8H,1-6H2,(H,15,17)(H4,12,13,14)/t7-,8-/m0/s1. The highest BCUT2D eigenvalue weighted by Crippen LogP contribution is 2.23. The van der Waals surface area contributed by atoms with Gasteiger partial charge in [0.05, 0.1) is 0 Å². The molecule has 0 aromatic heterocycles. The zero-order valence-corrected chi connectivity index (χ0v) is 10.3. The zero-order chi connectivity index (χ0) is 13.1. The molecule has 2 fully saturated rings. The van der Waals surface area contributed by atoms with E-state index in [0.717, 1.165) is 12.8 Å². The summed E-state index contributed by atoms with van der Waals surface area (Å²) in [4.78, 5) is 29.5. The van der Waals surface area contributed by atoms with Gasteiger partial charge in [0.1, 0.15) is 12.1 Å². The number of hydrogen-bond acceptors (Lipinski definition) is 3. The molecule has 5 N–H and O–H groups in total. The lowest BCUT2D eigenvalue weighted by atomic mass is 10.0. The number of piperazine rings is 1. The van der Waals surface area contributed by atoms with E-state index in [1.165, 1.54) is 0 Å². The molecule has 0 radical (unpaired) electrons. The maximum absolute atomic E-state index is 12.1. The molecular formula is C11H19N5O2. The Hall–Kier alpha value is -1.79. The molecule has 2 aliphatic rings. The Morgan fingerprint density at radius 2 is 2.22 bits per heavy atom. The molecule has 0 saturated carbocycles. The molecular weight excluding hydrogens is 234 g/mol. The Morgan fingerprint density at radius 3 is 2.94 bits per heavy atom. The van der Waals surface area contributed by atoms with E-state index in [1.807, 2.05) is 0 Å². The van der Waals surface area contributed by atoms with Crippen LogP contribution in [0.2, 0.25) is 0 Å². The second-order valence-corrected chi connectivity index (χ2v) is 4.70. The second kappa shape index (κ2) is 5.24. The molecule has 18 heavy (non-hydrogen) atoms. The van der Waals surface area contributed by atoms with E-state index < -0.39 is 6.04 Å². The first-order valence-electron chi connectivity index (χ1n) is 6.26. The Morgan fingerprint density at radius 1 is 1.44 bits per heavy atom. The van der Waals surface area contributed by atoms with Gasteiger partial charge >= 0.3 is 0 Å². The summed E-state index contributed by atoms with van der Waals surface area (Å²) in [6.45, 7) is 1.17. The quantitative estimate of drug-likeness (QED) is 0.322. The molecule has 2 atom stereocenters. The summed E-state index contributed by atoms with van der Waals surface area (Å²) in [5, 5.41) is 2.78. The summed E-state index contributed by atoms with van der Waals surface area (Å²) >= 11 is 0. The number of fused-ring (bicyclic) bond motifs is 1. The summed E-state index contributed by atoms with van der Waals surface area (Å²) in [5.74, 6) is 0.0503. The van der Waals surface area contributed by atoms with Crippen LogP contribution in [0.1, 0.15) is 25.7 Å². The van der Waals surface area contributed by atoms with Gasteiger partial charge < -0.3 is 21.7 Å². The van der Waals surface area contributed by atoms with Crippen molar-refractivity contribution >= 4 is 17.8 Å². The third kappa shape index (κ3) is 2.55. The van der Waals surface area contributed by atoms with Gasteiger partial charge in [-0.1, -0.05) is 0 Å². The van der Waals surface area contributed by atoms with Crippen molar-refractivity contribution in [1.29, 1.82) is 0 Å². The van der Waals surface area contributed by atoms with Crippen molar-refractivity contribution in [3.63, 3.8) is 0 Å². The van der Waals surface area contributed by atoms with Crippen LogP contribution in [0.15, 0.2) is 4.99 Å². The lowest BCUT2D eigenvalue weighted by molar-refractivity contribution is -0.147. The van der Waals surface area contributed by atoms with E-state index in [1.54, 1.807) is 4.90 Å². The van der Waals surface area contributed by atoms with Gasteiger partial charge in [-0.05, 0) is 25.7 Å². The van der Waals surface area contributed by atoms with Gasteiger partial charge in [0.15, 0.2) is 5.96 Å². The largest absolute Gasteiger partial charge is 0.370 e. The van der Waals surface area contributed by atoms with Crippen LogP contribution in [0.5, 0.6) is 0 Å². The highest BCUT2D eigenvalue weighted by Gasteiger charge is 2.42. The molecule has 7 heteroatoms. The fourth-order valence-electron chi connectivity index (χ4n) is 2.53. The van der Waals surface area contributed by atoms with E-state index in [4.69, 9.17) is 11.5 Å². The number of nitrogens with two attached hydrogens (primary N) is 2. The number of hydrogen-bond donors (Lipinski definition) is 3. The van der Waals surface area contributed by atoms with Gasteiger partial charge in [0.2, 0.25) is 11.8 Å². The molecule has 0 unspecified atom stereocenters. The molecule has 100 valence electrons. The maximum atomic E-state index is 12.1. The van der Waals surface area contributed by atoms with E-state index in [-0.39, 0.29) is 23.8 Å². The second-order valence-electron chi connectivity index (χ2n) is 4.70. The summed E-state index contributed by atoms with van der Waals surface area (Å²) in [7, 11) is 0. The first-order chi connectivity index (χ1) is 8.59. The number of amides is 2. The van der Waals surface area contributed by atoms with Gasteiger partial charge in [-0.2, -0.15) is 0 Å². The summed E-state index contributed by atoms with van der Waals surface area (Å²) in [6.07, 6.45) is 2.93. The van der Waals surface area contributed by atoms with Gasteiger partial charge in [-0.15, -0.1) is 0 Å². The van der Waals surface area contributed by atoms with Crippen molar-refractivity contribution < 1.29 is 9.59 Å². The van der Waals surface area contributed by atoms with Gasteiger partial charge in [0.25, 0.3) is 0 Å². The third-order valence-corrected chi connectivity index (χ3v) is 3.40. The number of rotatable bonds is 4. The Balaban J connectivity index is 1.87. The van der Waals surface area contributed by atoms with Crippen molar-refractivity contribution in [2.75, 3.05) is 13.1 Å². The van der Waals surface area contributed by atoms with Crippen molar-refractivity contribution in [3.8, 4) is 0 Å². The predicted octanol–water partition coefficient (Wildman–Crippen LogP) is -1.47. The minimum absolute atomic E-state index is 0.0288. The van der Waals surface area contributed by atoms with Crippen LogP contribution in [0, 0.1) is 0 Å². The summed E-state index contributed by atoms with van der Waals surface area (Å²) in [5.41, 5.74) is 10.4. The van der Waals surface area contributed by atoms with Crippen LogP contribution in [-0.4, -0.2) is 47.8 Å². The van der Waals surface area contributed by atoms with E-state index >= 15 is 0 Å². The molecule has 0 aromatic rings. The maximum Gasteiger partial charge on any atom is 0.245 e. The number of nitrogens with one attached hydrogen (secondary N) is 1. The van der Waals surface area contributed by atoms with Crippen LogP contribution in [-0.2, 0) is 9.59 Å². The third-order valence-electron chi connectivity index (χ3n) is 3.40. The minimum Gasteiger partial charge on any atom is -0.370 e. The first kappa shape index (κ1) is 12.7. The SMILES string of the molecule is NC(N)=NCCC[C@@H]1NC(=O)[C@@H]2CCCN2C1=O. The van der Waals surface area contributed by atoms with E-state index in [9.17, 15) is 9.59 Å². The molecule has 2 rings (SSSR count). The van der Waals surface area contributed by atoms with Crippen LogP contribution >= 0.6 is 0 Å². The molecule has 2 amide bonds. The summed E-state index contributed by atoms with van der Waals surface area (Å²) < 4.78 is 0. The number of guanidine groups is 1. The molecule has 2 aliphatic heterocycles. The van der Waals surface area contributed by atoms with Crippen LogP contribution in [0.3, 0.4) is 0 Å². The molecule has 0 aliphatic carbocycles. The van der Waals surface area contributed by atoms with Crippen molar-refractivity contribution in [3.05, 3.63) is 0 Å². The Labute approximate surface area is 106 Å². The van der Waals surface area contributed by atoms with Crippen molar-refractivity contribution in [1.82, 2.24) is 10.2 Å². The minimum atomic E-state index is -0.416. The van der Waals surface area contributed by atoms with Gasteiger partial charge in [-0.3, -0.25) is 14.6 Å². The highest BCUT2D eigenvalue weighted by molar-refractivity contribution is 5.97. The predicted molar refractivity (Wildman–Crippen MR) is 66.6 cm³/mol. The Bertz CT molecular complexity index is 378. The van der Waals surface area contributed by atoms with Gasteiger partial charge in [-0.25, -0.2) is 0 Å². The lowest BCUT2D eigenvalue weighted by Gasteiger charge is -2.34. The average molecular weight is 253 g/mol. The van der Waals surface area contributed by atoms with Gasteiger partial charge in [0, 0.05) is 13.1 Å². The number of carbonyl (C=O) groups excluding carboxylic acids is 2. The molecule has 0 aromatic carbocycles. The number of aliphatic imine (C=N–C) groups is 1. The van der Waals surface area contributed by atoms with Crippen LogP contribution in [0.25, 0.3) is 0 Å². The number of carbonyl (C=O) groups is 2. The lowest BCUT2D eigenvalue weighted by Crippen LogP contribution is -2.61. The normalized spacial score (nSPS) is 26.8. The molecule has 0 spiro atoms. The smallest absolute Gasteiger partial charge is 0.245 e. The average Bonchev–Trinajstić information content (AvgIpc) is 2.80. The molecule has 2 saturated heterocycles. The molecule has 7 nitrogen and oxygen atoms in total. The number of nitrogens with zero attached hydrogens (tertiary/aromatic N) is 2. The fourth-order valence-corrected chi connectivity index (χ4v) is 2.53. The van der Waals surface area contributed by atoms with E-state index in [2.05, 4.69) is 10.3 Å². The van der Waals surface area contributed by atoms with Crippen molar-refractivity contribution in [2.24, 2.45) is 16.5 Å². The summed E-state index contributed by atoms with van der Waals surface area (Å²) in [6, 6.07) is -0.660. The molecule has 2 heterocycles. The topological polar surface area (TPSA) is 114 Å². The highest BCUT2D eigenvalue weighted by atomic mass is 16.2. The zero-order valence-electron chi connectivity index (χ0n) is 10.3. The van der Waals surface area contributed by atoms with E-state index in [0.29, 0.717) is 25.9 Å². The monoisotopic (exact) mass is 253 g/mol. The van der Waals surface area contributed by atoms with Crippen molar-refractivity contribution in [2.45, 2.75) is 37.8 Å². The van der Waals surface area contributed by atoms with Crippen LogP contribution < -0.4 is 16.8 Å². The molecule has 0 bridgehead atoms. The Kier molecular flexibility index (Phi) is 3.69. The van der Waals surface area contributed by atoms with Crippen LogP contribution in [0.4, 0.5) is 0 Å². The fraction of sp³-hybridized carbons (Fsp3) is 0.727. The first-order valence-corrected chi connectivity index (χ1v) is 6.26.